The molecule has 0 aliphatic carbocycles. The van der Waals surface area contributed by atoms with Crippen LogP contribution in [0.5, 0.6) is 0 Å². The number of nitrogens with zero attached hydrogens (tertiary/aromatic N) is 1. The topological polar surface area (TPSA) is 92.5 Å². The van der Waals surface area contributed by atoms with Gasteiger partial charge in [0.2, 0.25) is 10.0 Å². The van der Waals surface area contributed by atoms with E-state index in [2.05, 4.69) is 19.2 Å². The molecule has 0 bridgehead atoms. The molecule has 0 aromatic heterocycles. The van der Waals surface area contributed by atoms with Gasteiger partial charge in [-0.2, -0.15) is 4.31 Å². The molecule has 3 N–H and O–H groups in total. The van der Waals surface area contributed by atoms with E-state index in [4.69, 9.17) is 5.73 Å². The van der Waals surface area contributed by atoms with Gasteiger partial charge in [0.15, 0.2) is 0 Å². The Kier molecular flexibility index (Phi) is 7.65. The number of benzene rings is 1. The molecule has 2 unspecified atom stereocenters. The molecule has 1 aromatic rings. The van der Waals surface area contributed by atoms with E-state index in [9.17, 15) is 13.2 Å². The van der Waals surface area contributed by atoms with Crippen LogP contribution >= 0.6 is 12.4 Å². The Morgan fingerprint density at radius 1 is 1.27 bits per heavy atom. The highest BCUT2D eigenvalue weighted by Gasteiger charge is 2.32. The highest BCUT2D eigenvalue weighted by atomic mass is 35.5. The highest BCUT2D eigenvalue weighted by Crippen LogP contribution is 2.27. The maximum absolute atomic E-state index is 13.0. The molecule has 8 heteroatoms. The molecule has 1 fully saturated rings. The van der Waals surface area contributed by atoms with Crippen LogP contribution in [0.1, 0.15) is 44.5 Å². The zero-order valence-corrected chi connectivity index (χ0v) is 17.5. The lowest BCUT2D eigenvalue weighted by Crippen LogP contribution is -2.48. The summed E-state index contributed by atoms with van der Waals surface area (Å²) in [4.78, 5) is 12.6. The van der Waals surface area contributed by atoms with E-state index < -0.39 is 15.6 Å². The highest BCUT2D eigenvalue weighted by molar-refractivity contribution is 7.89. The summed E-state index contributed by atoms with van der Waals surface area (Å²) < 4.78 is 27.5. The summed E-state index contributed by atoms with van der Waals surface area (Å²) in [6.07, 6.45) is 1.03. The third-order valence-corrected chi connectivity index (χ3v) is 6.36. The first kappa shape index (κ1) is 22.9. The molecule has 2 rings (SSSR count). The summed E-state index contributed by atoms with van der Waals surface area (Å²) in [6, 6.07) is 6.21. The second kappa shape index (κ2) is 8.69. The fourth-order valence-corrected chi connectivity index (χ4v) is 4.91. The van der Waals surface area contributed by atoms with Gasteiger partial charge >= 0.3 is 0 Å². The van der Waals surface area contributed by atoms with Crippen molar-refractivity contribution >= 4 is 28.3 Å². The normalized spacial score (nSPS) is 21.7. The Morgan fingerprint density at radius 2 is 1.85 bits per heavy atom. The zero-order valence-electron chi connectivity index (χ0n) is 15.9. The van der Waals surface area contributed by atoms with E-state index in [0.717, 1.165) is 6.42 Å². The minimum atomic E-state index is -3.60. The predicted octanol–water partition coefficient (Wildman–Crippen LogP) is 2.24. The minimum Gasteiger partial charge on any atom is -0.346 e. The van der Waals surface area contributed by atoms with E-state index in [-0.39, 0.29) is 23.2 Å². The van der Waals surface area contributed by atoms with Crippen molar-refractivity contribution in [1.82, 2.24) is 9.62 Å². The fraction of sp³-hybridized carbons (Fsp3) is 0.611. The Morgan fingerprint density at radius 3 is 2.38 bits per heavy atom. The van der Waals surface area contributed by atoms with Crippen molar-refractivity contribution < 1.29 is 13.2 Å². The van der Waals surface area contributed by atoms with Gasteiger partial charge in [-0.1, -0.05) is 19.9 Å². The van der Waals surface area contributed by atoms with Gasteiger partial charge in [0.05, 0.1) is 4.90 Å². The van der Waals surface area contributed by atoms with E-state index in [1.807, 2.05) is 13.8 Å². The molecule has 1 aliphatic rings. The second-order valence-electron chi connectivity index (χ2n) is 7.84. The van der Waals surface area contributed by atoms with Crippen LogP contribution in [0.3, 0.4) is 0 Å². The number of carbonyl (C=O) groups is 1. The van der Waals surface area contributed by atoms with E-state index in [0.29, 0.717) is 37.0 Å². The minimum absolute atomic E-state index is 0. The van der Waals surface area contributed by atoms with Gasteiger partial charge in [0.25, 0.3) is 5.91 Å². The third-order valence-electron chi connectivity index (χ3n) is 4.53. The maximum atomic E-state index is 13.0. The van der Waals surface area contributed by atoms with Crippen LogP contribution < -0.4 is 11.1 Å². The first-order valence-electron chi connectivity index (χ1n) is 8.68. The number of rotatable bonds is 5. The molecule has 2 atom stereocenters. The van der Waals surface area contributed by atoms with Crippen LogP contribution in [0.25, 0.3) is 0 Å². The number of nitrogens with one attached hydrogen (secondary N) is 1. The first-order chi connectivity index (χ1) is 11.5. The van der Waals surface area contributed by atoms with Gasteiger partial charge in [-0.05, 0) is 50.3 Å². The van der Waals surface area contributed by atoms with Crippen molar-refractivity contribution in [1.29, 1.82) is 0 Å². The van der Waals surface area contributed by atoms with Crippen LogP contribution in [0.4, 0.5) is 0 Å². The molecule has 26 heavy (non-hydrogen) atoms. The monoisotopic (exact) mass is 403 g/mol. The van der Waals surface area contributed by atoms with Crippen LogP contribution in [0.2, 0.25) is 0 Å². The molecule has 1 aliphatic heterocycles. The fourth-order valence-electron chi connectivity index (χ4n) is 3.18. The van der Waals surface area contributed by atoms with Gasteiger partial charge in [0.1, 0.15) is 0 Å². The molecule has 1 heterocycles. The lowest BCUT2D eigenvalue weighted by atomic mass is 9.94. The Labute approximate surface area is 163 Å². The van der Waals surface area contributed by atoms with Gasteiger partial charge in [-0.25, -0.2) is 8.42 Å². The molecular weight excluding hydrogens is 374 g/mol. The van der Waals surface area contributed by atoms with E-state index >= 15 is 0 Å². The van der Waals surface area contributed by atoms with Crippen LogP contribution in [-0.4, -0.2) is 43.8 Å². The largest absolute Gasteiger partial charge is 0.346 e. The summed E-state index contributed by atoms with van der Waals surface area (Å²) in [7, 11) is -3.60. The molecule has 6 nitrogen and oxygen atoms in total. The van der Waals surface area contributed by atoms with Crippen molar-refractivity contribution in [2.45, 2.75) is 44.6 Å². The summed E-state index contributed by atoms with van der Waals surface area (Å²) in [5, 5.41) is 2.82. The number of halogens is 1. The van der Waals surface area contributed by atoms with Crippen LogP contribution in [0, 0.1) is 11.8 Å². The number of sulfonamides is 1. The van der Waals surface area contributed by atoms with E-state index in [1.165, 1.54) is 10.4 Å². The molecule has 148 valence electrons. The molecule has 0 saturated carbocycles. The standard InChI is InChI=1S/C18H29N3O3S.ClH/c1-13-8-14(2)11-21(10-13)25(23,24)16-7-5-6-15(9-16)17(22)20-18(3,4)12-19;/h5-7,9,13-14H,8,10-12,19H2,1-4H3,(H,20,22);1H. The maximum Gasteiger partial charge on any atom is 0.251 e. The van der Waals surface area contributed by atoms with Crippen molar-refractivity contribution in [3.05, 3.63) is 29.8 Å². The van der Waals surface area contributed by atoms with E-state index in [1.54, 1.807) is 18.2 Å². The summed E-state index contributed by atoms with van der Waals surface area (Å²) in [6.45, 7) is 9.10. The van der Waals surface area contributed by atoms with Crippen LogP contribution in [0.15, 0.2) is 29.2 Å². The van der Waals surface area contributed by atoms with Gasteiger partial charge in [-0.3, -0.25) is 4.79 Å². The van der Waals surface area contributed by atoms with Gasteiger partial charge in [0, 0.05) is 30.7 Å². The quantitative estimate of drug-likeness (QED) is 0.788. The average Bonchev–Trinajstić information content (AvgIpc) is 2.53. The lowest BCUT2D eigenvalue weighted by molar-refractivity contribution is 0.0915. The second-order valence-corrected chi connectivity index (χ2v) is 9.78. The number of nitrogens with two attached hydrogens (primary N) is 1. The SMILES string of the molecule is CC1CC(C)CN(S(=O)(=O)c2cccc(C(=O)NC(C)(C)CN)c2)C1.Cl. The molecule has 1 amide bonds. The number of carbonyl (C=O) groups excluding carboxylic acids is 1. The number of piperidine rings is 1. The lowest BCUT2D eigenvalue weighted by Gasteiger charge is -2.34. The zero-order chi connectivity index (χ0) is 18.8. The first-order valence-corrected chi connectivity index (χ1v) is 10.1. The third kappa shape index (κ3) is 5.42. The van der Waals surface area contributed by atoms with Gasteiger partial charge < -0.3 is 11.1 Å². The average molecular weight is 404 g/mol. The van der Waals surface area contributed by atoms with Gasteiger partial charge in [-0.15, -0.1) is 12.4 Å². The molecular formula is C18H30ClN3O3S. The number of hydrogen-bond donors (Lipinski definition) is 2. The van der Waals surface area contributed by atoms with Crippen molar-refractivity contribution in [3.8, 4) is 0 Å². The van der Waals surface area contributed by atoms with Crippen molar-refractivity contribution in [2.24, 2.45) is 17.6 Å². The van der Waals surface area contributed by atoms with Crippen molar-refractivity contribution in [2.75, 3.05) is 19.6 Å². The van der Waals surface area contributed by atoms with Crippen LogP contribution in [-0.2, 0) is 10.0 Å². The molecule has 1 saturated heterocycles. The molecule has 0 spiro atoms. The smallest absolute Gasteiger partial charge is 0.251 e. The Bertz CT molecular complexity index is 727. The molecule has 0 radical (unpaired) electrons. The Balaban J connectivity index is 0.00000338. The summed E-state index contributed by atoms with van der Waals surface area (Å²) in [5.41, 5.74) is 5.41. The van der Waals surface area contributed by atoms with Crippen molar-refractivity contribution in [3.63, 3.8) is 0 Å². The number of amides is 1. The summed E-state index contributed by atoms with van der Waals surface area (Å²) in [5.74, 6) is 0.332. The summed E-state index contributed by atoms with van der Waals surface area (Å²) >= 11 is 0. The molecule has 1 aromatic carbocycles. The number of hydrogen-bond acceptors (Lipinski definition) is 4. The Hall–Kier alpha value is -1.15. The predicted molar refractivity (Wildman–Crippen MR) is 106 cm³/mol.